The molecule has 0 spiro atoms. The van der Waals surface area contributed by atoms with Crippen molar-refractivity contribution in [1.29, 1.82) is 0 Å². The molecular weight excluding hydrogens is 364 g/mol. The largest absolute Gasteiger partial charge is 0.482 e. The van der Waals surface area contributed by atoms with Crippen molar-refractivity contribution in [3.05, 3.63) is 64.7 Å². The monoisotopic (exact) mass is 388 g/mol. The normalized spacial score (nSPS) is 15.9. The van der Waals surface area contributed by atoms with Gasteiger partial charge >= 0.3 is 0 Å². The fourth-order valence-electron chi connectivity index (χ4n) is 3.06. The number of benzene rings is 2. The number of rotatable bonds is 7. The molecule has 1 heterocycles. The molecule has 1 amide bonds. The molecule has 1 atom stereocenters. The molecule has 0 radical (unpaired) electrons. The van der Waals surface area contributed by atoms with E-state index in [1.165, 1.54) is 0 Å². The van der Waals surface area contributed by atoms with Gasteiger partial charge in [0, 0.05) is 19.6 Å². The van der Waals surface area contributed by atoms with E-state index < -0.39 is 0 Å². The van der Waals surface area contributed by atoms with Gasteiger partial charge in [-0.3, -0.25) is 9.69 Å². The Morgan fingerprint density at radius 1 is 1.22 bits per heavy atom. The van der Waals surface area contributed by atoms with Gasteiger partial charge in [0.2, 0.25) is 0 Å². The van der Waals surface area contributed by atoms with Crippen molar-refractivity contribution in [2.75, 3.05) is 39.5 Å². The summed E-state index contributed by atoms with van der Waals surface area (Å²) < 4.78 is 11.0. The highest BCUT2D eigenvalue weighted by atomic mass is 35.5. The van der Waals surface area contributed by atoms with Gasteiger partial charge in [0.1, 0.15) is 5.75 Å². The number of carbonyl (C=O) groups excluding carboxylic acids is 1. The molecule has 1 aliphatic rings. The molecule has 0 bridgehead atoms. The summed E-state index contributed by atoms with van der Waals surface area (Å²) in [5, 5.41) is 3.60. The molecule has 0 aromatic heterocycles. The Hall–Kier alpha value is -2.08. The van der Waals surface area contributed by atoms with Crippen molar-refractivity contribution in [1.82, 2.24) is 10.2 Å². The lowest BCUT2D eigenvalue weighted by molar-refractivity contribution is -0.124. The van der Waals surface area contributed by atoms with Gasteiger partial charge < -0.3 is 14.8 Å². The van der Waals surface area contributed by atoms with Gasteiger partial charge in [-0.25, -0.2) is 0 Å². The van der Waals surface area contributed by atoms with Crippen molar-refractivity contribution in [2.24, 2.45) is 0 Å². The van der Waals surface area contributed by atoms with E-state index in [1.807, 2.05) is 49.4 Å². The lowest BCUT2D eigenvalue weighted by Crippen LogP contribution is -2.44. The van der Waals surface area contributed by atoms with Crippen molar-refractivity contribution >= 4 is 17.5 Å². The molecule has 2 aromatic carbocycles. The van der Waals surface area contributed by atoms with Gasteiger partial charge in [-0.1, -0.05) is 48.0 Å². The first-order valence-electron chi connectivity index (χ1n) is 9.15. The van der Waals surface area contributed by atoms with Crippen molar-refractivity contribution in [3.63, 3.8) is 0 Å². The van der Waals surface area contributed by atoms with E-state index in [0.717, 1.165) is 44.0 Å². The average molecular weight is 389 g/mol. The van der Waals surface area contributed by atoms with E-state index in [0.29, 0.717) is 10.8 Å². The van der Waals surface area contributed by atoms with E-state index in [1.54, 1.807) is 6.07 Å². The van der Waals surface area contributed by atoms with Gasteiger partial charge in [0.15, 0.2) is 6.61 Å². The van der Waals surface area contributed by atoms with Gasteiger partial charge in [-0.15, -0.1) is 0 Å². The maximum absolute atomic E-state index is 12.5. The van der Waals surface area contributed by atoms with Crippen LogP contribution in [-0.2, 0) is 9.53 Å². The number of amides is 1. The van der Waals surface area contributed by atoms with E-state index in [4.69, 9.17) is 21.1 Å². The third-order valence-corrected chi connectivity index (χ3v) is 4.84. The number of hydrogen-bond donors (Lipinski definition) is 1. The molecule has 0 aliphatic carbocycles. The van der Waals surface area contributed by atoms with Crippen LogP contribution >= 0.6 is 11.6 Å². The summed E-state index contributed by atoms with van der Waals surface area (Å²) in [6, 6.07) is 15.4. The fourth-order valence-corrected chi connectivity index (χ4v) is 3.23. The highest BCUT2D eigenvalue weighted by molar-refractivity contribution is 6.32. The summed E-state index contributed by atoms with van der Waals surface area (Å²) >= 11 is 6.13. The highest BCUT2D eigenvalue weighted by Gasteiger charge is 2.20. The molecule has 1 fully saturated rings. The van der Waals surface area contributed by atoms with Crippen molar-refractivity contribution in [2.45, 2.75) is 13.0 Å². The standard InChI is InChI=1S/C21H25ClN2O3/c1-16-7-8-18(22)20(13-16)27-15-21(25)23-19(17-5-3-2-4-6-17)14-24-9-11-26-12-10-24/h2-8,13,19H,9-12,14-15H2,1H3,(H,23,25)/t19-/m1/s1. The van der Waals surface area contributed by atoms with Gasteiger partial charge in [-0.05, 0) is 30.2 Å². The number of nitrogens with zero attached hydrogens (tertiary/aromatic N) is 1. The summed E-state index contributed by atoms with van der Waals surface area (Å²) in [6.45, 7) is 5.81. The molecule has 2 aromatic rings. The zero-order valence-corrected chi connectivity index (χ0v) is 16.2. The zero-order valence-electron chi connectivity index (χ0n) is 15.5. The van der Waals surface area contributed by atoms with Crippen LogP contribution in [0, 0.1) is 6.92 Å². The van der Waals surface area contributed by atoms with E-state index in [-0.39, 0.29) is 18.6 Å². The number of halogens is 1. The van der Waals surface area contributed by atoms with Gasteiger partial charge in [0.25, 0.3) is 5.91 Å². The van der Waals surface area contributed by atoms with Crippen LogP contribution in [0.5, 0.6) is 5.75 Å². The molecular formula is C21H25ClN2O3. The summed E-state index contributed by atoms with van der Waals surface area (Å²) in [6.07, 6.45) is 0. The van der Waals surface area contributed by atoms with Crippen molar-refractivity contribution < 1.29 is 14.3 Å². The number of morpholine rings is 1. The summed E-state index contributed by atoms with van der Waals surface area (Å²) in [5.74, 6) is 0.353. The summed E-state index contributed by atoms with van der Waals surface area (Å²) in [7, 11) is 0. The fraction of sp³-hybridized carbons (Fsp3) is 0.381. The quantitative estimate of drug-likeness (QED) is 0.791. The Labute approximate surface area is 165 Å². The number of ether oxygens (including phenoxy) is 2. The van der Waals surface area contributed by atoms with Crippen LogP contribution < -0.4 is 10.1 Å². The average Bonchev–Trinajstić information content (AvgIpc) is 2.69. The first-order valence-corrected chi connectivity index (χ1v) is 9.53. The highest BCUT2D eigenvalue weighted by Crippen LogP contribution is 2.25. The minimum Gasteiger partial charge on any atom is -0.482 e. The van der Waals surface area contributed by atoms with Crippen LogP contribution in [0.3, 0.4) is 0 Å². The van der Waals surface area contributed by atoms with E-state index in [9.17, 15) is 4.79 Å². The maximum Gasteiger partial charge on any atom is 0.258 e. The minimum atomic E-state index is -0.172. The Morgan fingerprint density at radius 2 is 1.96 bits per heavy atom. The van der Waals surface area contributed by atoms with Crippen LogP contribution in [0.25, 0.3) is 0 Å². The topological polar surface area (TPSA) is 50.8 Å². The van der Waals surface area contributed by atoms with Crippen LogP contribution in [-0.4, -0.2) is 50.3 Å². The van der Waals surface area contributed by atoms with Crippen LogP contribution in [0.15, 0.2) is 48.5 Å². The van der Waals surface area contributed by atoms with Crippen molar-refractivity contribution in [3.8, 4) is 5.75 Å². The zero-order chi connectivity index (χ0) is 19.1. The first kappa shape index (κ1) is 19.7. The predicted octanol–water partition coefficient (Wildman–Crippen LogP) is 3.22. The smallest absolute Gasteiger partial charge is 0.258 e. The molecule has 3 rings (SSSR count). The van der Waals surface area contributed by atoms with Crippen LogP contribution in [0.2, 0.25) is 5.02 Å². The third-order valence-electron chi connectivity index (χ3n) is 4.53. The molecule has 1 aliphatic heterocycles. The minimum absolute atomic E-state index is 0.0738. The van der Waals surface area contributed by atoms with E-state index >= 15 is 0 Å². The Bertz CT molecular complexity index is 748. The number of nitrogens with one attached hydrogen (secondary N) is 1. The molecule has 5 nitrogen and oxygen atoms in total. The second-order valence-electron chi connectivity index (χ2n) is 6.67. The third kappa shape index (κ3) is 5.96. The molecule has 0 saturated carbocycles. The molecule has 0 unspecified atom stereocenters. The predicted molar refractivity (Wildman–Crippen MR) is 106 cm³/mol. The molecule has 27 heavy (non-hydrogen) atoms. The summed E-state index contributed by atoms with van der Waals surface area (Å²) in [5.41, 5.74) is 2.11. The summed E-state index contributed by atoms with van der Waals surface area (Å²) in [4.78, 5) is 14.8. The van der Waals surface area contributed by atoms with Crippen LogP contribution in [0.4, 0.5) is 0 Å². The first-order chi connectivity index (χ1) is 13.1. The molecule has 6 heteroatoms. The number of hydrogen-bond acceptors (Lipinski definition) is 4. The second kappa shape index (κ2) is 9.74. The lowest BCUT2D eigenvalue weighted by atomic mass is 10.1. The molecule has 1 N–H and O–H groups in total. The molecule has 144 valence electrons. The second-order valence-corrected chi connectivity index (χ2v) is 7.07. The number of carbonyl (C=O) groups is 1. The lowest BCUT2D eigenvalue weighted by Gasteiger charge is -2.31. The van der Waals surface area contributed by atoms with Gasteiger partial charge in [-0.2, -0.15) is 0 Å². The van der Waals surface area contributed by atoms with Gasteiger partial charge in [0.05, 0.1) is 24.3 Å². The Balaban J connectivity index is 1.62. The maximum atomic E-state index is 12.5. The Kier molecular flexibility index (Phi) is 7.10. The SMILES string of the molecule is Cc1ccc(Cl)c(OCC(=O)N[C@H](CN2CCOCC2)c2ccccc2)c1. The van der Waals surface area contributed by atoms with Crippen LogP contribution in [0.1, 0.15) is 17.2 Å². The van der Waals surface area contributed by atoms with E-state index in [2.05, 4.69) is 10.2 Å². The number of aryl methyl sites for hydroxylation is 1. The Morgan fingerprint density at radius 3 is 2.70 bits per heavy atom. The molecule has 1 saturated heterocycles.